The average molecular weight is 189 g/mol. The lowest BCUT2D eigenvalue weighted by molar-refractivity contribution is 0.999. The van der Waals surface area contributed by atoms with Crippen LogP contribution in [0.3, 0.4) is 0 Å². The standard InChI is InChI=1S/C6H11N3S2/c1-5(10-2)3-7-6-8-4-9-11-6/h4-5H,3H2,1-2H3,(H,7,8,9). The van der Waals surface area contributed by atoms with Crippen LogP contribution in [0.2, 0.25) is 0 Å². The molecule has 1 N–H and O–H groups in total. The summed E-state index contributed by atoms with van der Waals surface area (Å²) >= 11 is 3.23. The van der Waals surface area contributed by atoms with E-state index in [0.29, 0.717) is 5.25 Å². The monoisotopic (exact) mass is 189 g/mol. The topological polar surface area (TPSA) is 37.8 Å². The molecule has 0 fully saturated rings. The highest BCUT2D eigenvalue weighted by Crippen LogP contribution is 2.09. The third kappa shape index (κ3) is 3.07. The predicted octanol–water partition coefficient (Wildman–Crippen LogP) is 1.70. The Hall–Kier alpha value is -0.290. The molecule has 1 aromatic rings. The molecule has 1 rings (SSSR count). The van der Waals surface area contributed by atoms with E-state index in [0.717, 1.165) is 11.7 Å². The van der Waals surface area contributed by atoms with Crippen molar-refractivity contribution in [2.45, 2.75) is 12.2 Å². The highest BCUT2D eigenvalue weighted by Gasteiger charge is 1.99. The molecule has 0 bridgehead atoms. The van der Waals surface area contributed by atoms with Crippen LogP contribution >= 0.6 is 23.3 Å². The summed E-state index contributed by atoms with van der Waals surface area (Å²) in [5, 5.41) is 4.73. The predicted molar refractivity (Wildman–Crippen MR) is 51.4 cm³/mol. The molecule has 5 heteroatoms. The fourth-order valence-electron chi connectivity index (χ4n) is 0.565. The molecule has 0 aliphatic carbocycles. The normalized spacial score (nSPS) is 12.9. The van der Waals surface area contributed by atoms with Crippen LogP contribution in [-0.2, 0) is 0 Å². The lowest BCUT2D eigenvalue weighted by atomic mass is 10.5. The number of nitrogens with one attached hydrogen (secondary N) is 1. The van der Waals surface area contributed by atoms with Crippen LogP contribution in [0.5, 0.6) is 0 Å². The van der Waals surface area contributed by atoms with E-state index in [-0.39, 0.29) is 0 Å². The fraction of sp³-hybridized carbons (Fsp3) is 0.667. The van der Waals surface area contributed by atoms with E-state index in [1.54, 1.807) is 6.33 Å². The molecule has 0 spiro atoms. The van der Waals surface area contributed by atoms with Gasteiger partial charge < -0.3 is 5.32 Å². The summed E-state index contributed by atoms with van der Waals surface area (Å²) in [6, 6.07) is 0. The first-order chi connectivity index (χ1) is 5.33. The van der Waals surface area contributed by atoms with Gasteiger partial charge in [-0.3, -0.25) is 0 Å². The summed E-state index contributed by atoms with van der Waals surface area (Å²) in [4.78, 5) is 4.01. The number of thioether (sulfide) groups is 1. The highest BCUT2D eigenvalue weighted by atomic mass is 32.2. The minimum Gasteiger partial charge on any atom is -0.359 e. The first-order valence-corrected chi connectivity index (χ1v) is 5.42. The minimum absolute atomic E-state index is 0.624. The molecule has 1 aromatic heterocycles. The second-order valence-electron chi connectivity index (χ2n) is 2.17. The molecule has 0 aliphatic heterocycles. The smallest absolute Gasteiger partial charge is 0.202 e. The van der Waals surface area contributed by atoms with Gasteiger partial charge in [0, 0.05) is 23.3 Å². The summed E-state index contributed by atoms with van der Waals surface area (Å²) in [5.41, 5.74) is 0. The molecular weight excluding hydrogens is 178 g/mol. The van der Waals surface area contributed by atoms with Gasteiger partial charge in [0.2, 0.25) is 5.13 Å². The van der Waals surface area contributed by atoms with E-state index in [2.05, 4.69) is 27.9 Å². The largest absolute Gasteiger partial charge is 0.359 e. The van der Waals surface area contributed by atoms with Crippen LogP contribution in [0.15, 0.2) is 6.33 Å². The van der Waals surface area contributed by atoms with E-state index >= 15 is 0 Å². The van der Waals surface area contributed by atoms with E-state index in [1.807, 2.05) is 11.8 Å². The highest BCUT2D eigenvalue weighted by molar-refractivity contribution is 7.99. The van der Waals surface area contributed by atoms with E-state index < -0.39 is 0 Å². The Labute approximate surface area is 74.8 Å². The fourth-order valence-corrected chi connectivity index (χ4v) is 1.25. The number of rotatable bonds is 4. The van der Waals surface area contributed by atoms with Gasteiger partial charge in [-0.25, -0.2) is 4.98 Å². The minimum atomic E-state index is 0.624. The Balaban J connectivity index is 2.23. The number of hydrogen-bond acceptors (Lipinski definition) is 5. The number of nitrogens with zero attached hydrogens (tertiary/aromatic N) is 2. The van der Waals surface area contributed by atoms with Crippen LogP contribution in [0, 0.1) is 0 Å². The summed E-state index contributed by atoms with van der Waals surface area (Å²) in [5.74, 6) is 0. The van der Waals surface area contributed by atoms with Crippen LogP contribution in [-0.4, -0.2) is 27.4 Å². The molecule has 0 saturated heterocycles. The molecule has 0 aliphatic rings. The molecule has 0 radical (unpaired) electrons. The van der Waals surface area contributed by atoms with Gasteiger partial charge in [0.1, 0.15) is 6.33 Å². The van der Waals surface area contributed by atoms with Crippen LogP contribution in [0.4, 0.5) is 5.13 Å². The first-order valence-electron chi connectivity index (χ1n) is 3.36. The second kappa shape index (κ2) is 4.56. The molecule has 11 heavy (non-hydrogen) atoms. The van der Waals surface area contributed by atoms with Gasteiger partial charge >= 0.3 is 0 Å². The number of aromatic nitrogens is 2. The zero-order valence-electron chi connectivity index (χ0n) is 6.57. The molecule has 0 amide bonds. The van der Waals surface area contributed by atoms with Crippen molar-refractivity contribution >= 4 is 28.4 Å². The quantitative estimate of drug-likeness (QED) is 0.782. The van der Waals surface area contributed by atoms with Crippen molar-refractivity contribution in [1.29, 1.82) is 0 Å². The molecule has 1 heterocycles. The second-order valence-corrected chi connectivity index (χ2v) is 4.23. The summed E-state index contributed by atoms with van der Waals surface area (Å²) in [6.07, 6.45) is 3.67. The lowest BCUT2D eigenvalue weighted by Crippen LogP contribution is -2.12. The lowest BCUT2D eigenvalue weighted by Gasteiger charge is -2.07. The van der Waals surface area contributed by atoms with Crippen LogP contribution in [0.25, 0.3) is 0 Å². The zero-order chi connectivity index (χ0) is 8.10. The van der Waals surface area contributed by atoms with Crippen molar-refractivity contribution in [2.24, 2.45) is 0 Å². The number of anilines is 1. The Kier molecular flexibility index (Phi) is 3.65. The van der Waals surface area contributed by atoms with Gasteiger partial charge in [-0.2, -0.15) is 16.1 Å². The van der Waals surface area contributed by atoms with Gasteiger partial charge in [0.25, 0.3) is 0 Å². The van der Waals surface area contributed by atoms with Crippen molar-refractivity contribution in [3.05, 3.63) is 6.33 Å². The number of hydrogen-bond donors (Lipinski definition) is 1. The van der Waals surface area contributed by atoms with Crippen molar-refractivity contribution < 1.29 is 0 Å². The zero-order valence-corrected chi connectivity index (χ0v) is 8.21. The Morgan fingerprint density at radius 3 is 3.18 bits per heavy atom. The first kappa shape index (κ1) is 8.80. The van der Waals surface area contributed by atoms with Gasteiger partial charge in [-0.05, 0) is 6.26 Å². The molecule has 3 nitrogen and oxygen atoms in total. The van der Waals surface area contributed by atoms with Crippen molar-refractivity contribution in [1.82, 2.24) is 9.36 Å². The average Bonchev–Trinajstić information content (AvgIpc) is 2.52. The third-order valence-corrected chi connectivity index (χ3v) is 2.90. The molecular formula is C6H11N3S2. The third-order valence-electron chi connectivity index (χ3n) is 1.30. The Morgan fingerprint density at radius 2 is 2.64 bits per heavy atom. The summed E-state index contributed by atoms with van der Waals surface area (Å²) < 4.78 is 3.89. The van der Waals surface area contributed by atoms with Crippen molar-refractivity contribution in [2.75, 3.05) is 18.1 Å². The maximum atomic E-state index is 4.01. The molecule has 0 saturated carbocycles. The Bertz CT molecular complexity index is 188. The Morgan fingerprint density at radius 1 is 1.82 bits per heavy atom. The van der Waals surface area contributed by atoms with Crippen molar-refractivity contribution in [3.8, 4) is 0 Å². The van der Waals surface area contributed by atoms with Gasteiger partial charge in [0.05, 0.1) is 0 Å². The molecule has 0 aromatic carbocycles. The SMILES string of the molecule is CSC(C)CNc1ncns1. The molecule has 1 atom stereocenters. The van der Waals surface area contributed by atoms with E-state index in [1.165, 1.54) is 11.5 Å². The van der Waals surface area contributed by atoms with E-state index in [9.17, 15) is 0 Å². The van der Waals surface area contributed by atoms with Gasteiger partial charge in [-0.1, -0.05) is 6.92 Å². The summed E-state index contributed by atoms with van der Waals surface area (Å²) in [7, 11) is 0. The van der Waals surface area contributed by atoms with E-state index in [4.69, 9.17) is 0 Å². The maximum absolute atomic E-state index is 4.01. The molecule has 1 unspecified atom stereocenters. The van der Waals surface area contributed by atoms with Crippen LogP contribution < -0.4 is 5.32 Å². The maximum Gasteiger partial charge on any atom is 0.202 e. The van der Waals surface area contributed by atoms with Gasteiger partial charge in [0.15, 0.2) is 0 Å². The van der Waals surface area contributed by atoms with Crippen LogP contribution in [0.1, 0.15) is 6.92 Å². The molecule has 62 valence electrons. The van der Waals surface area contributed by atoms with Gasteiger partial charge in [-0.15, -0.1) is 0 Å². The van der Waals surface area contributed by atoms with Crippen molar-refractivity contribution in [3.63, 3.8) is 0 Å². The summed E-state index contributed by atoms with van der Waals surface area (Å²) in [6.45, 7) is 3.13.